The van der Waals surface area contributed by atoms with E-state index in [-0.39, 0.29) is 36.8 Å². The summed E-state index contributed by atoms with van der Waals surface area (Å²) >= 11 is 0. The number of nitrogens with two attached hydrogens (primary N) is 1. The topological polar surface area (TPSA) is 64.2 Å². The lowest BCUT2D eigenvalue weighted by molar-refractivity contribution is 0.0709. The highest BCUT2D eigenvalue weighted by molar-refractivity contribution is 5.97. The van der Waals surface area contributed by atoms with Gasteiger partial charge in [-0.1, -0.05) is 18.2 Å². The minimum Gasteiger partial charge on any atom is -0.337 e. The van der Waals surface area contributed by atoms with Gasteiger partial charge < -0.3 is 10.6 Å². The molecule has 1 fully saturated rings. The number of amides is 1. The van der Waals surface area contributed by atoms with Crippen LogP contribution in [-0.4, -0.2) is 39.5 Å². The predicted octanol–water partition coefficient (Wildman–Crippen LogP) is 3.74. The van der Waals surface area contributed by atoms with Crippen LogP contribution in [0.15, 0.2) is 48.5 Å². The zero-order chi connectivity index (χ0) is 17.4. The number of fused-ring (bicyclic) bond motifs is 1. The van der Waals surface area contributed by atoms with Crippen molar-refractivity contribution in [2.45, 2.75) is 25.8 Å². The first-order valence-corrected chi connectivity index (χ1v) is 8.73. The molecular formula is C20H24Cl2N4O. The monoisotopic (exact) mass is 406 g/mol. The number of benzene rings is 2. The quantitative estimate of drug-likeness (QED) is 0.704. The Morgan fingerprint density at radius 3 is 2.59 bits per heavy atom. The molecule has 27 heavy (non-hydrogen) atoms. The highest BCUT2D eigenvalue weighted by Gasteiger charge is 2.23. The number of rotatable bonds is 2. The number of hydrogen-bond acceptors (Lipinski definition) is 3. The molecule has 4 rings (SSSR count). The van der Waals surface area contributed by atoms with Crippen molar-refractivity contribution in [3.05, 3.63) is 59.9 Å². The van der Waals surface area contributed by atoms with Crippen LogP contribution in [0, 0.1) is 6.92 Å². The summed E-state index contributed by atoms with van der Waals surface area (Å²) in [5.41, 5.74) is 9.61. The van der Waals surface area contributed by atoms with Crippen LogP contribution >= 0.6 is 24.8 Å². The summed E-state index contributed by atoms with van der Waals surface area (Å²) in [6, 6.07) is 16.0. The molecule has 2 aromatic carbocycles. The van der Waals surface area contributed by atoms with Gasteiger partial charge in [0, 0.05) is 30.4 Å². The summed E-state index contributed by atoms with van der Waals surface area (Å²) in [4.78, 5) is 19.3. The lowest BCUT2D eigenvalue weighted by atomic mass is 10.1. The van der Waals surface area contributed by atoms with Gasteiger partial charge in [-0.25, -0.2) is 4.98 Å². The summed E-state index contributed by atoms with van der Waals surface area (Å²) in [6.45, 7) is 3.40. The zero-order valence-electron chi connectivity index (χ0n) is 15.2. The number of hydrogen-bond donors (Lipinski definition) is 1. The summed E-state index contributed by atoms with van der Waals surface area (Å²) in [5, 5.41) is 0. The van der Waals surface area contributed by atoms with Crippen molar-refractivity contribution in [1.82, 2.24) is 14.5 Å². The van der Waals surface area contributed by atoms with Crippen molar-refractivity contribution in [1.29, 1.82) is 0 Å². The van der Waals surface area contributed by atoms with Crippen molar-refractivity contribution in [3.8, 4) is 5.69 Å². The molecule has 0 aliphatic carbocycles. The number of carbonyl (C=O) groups is 1. The van der Waals surface area contributed by atoms with Gasteiger partial charge in [0.15, 0.2) is 0 Å². The molecule has 5 nitrogen and oxygen atoms in total. The first-order valence-electron chi connectivity index (χ1n) is 8.73. The maximum absolute atomic E-state index is 12.8. The first kappa shape index (κ1) is 21.2. The van der Waals surface area contributed by atoms with Crippen molar-refractivity contribution in [2.24, 2.45) is 5.73 Å². The van der Waals surface area contributed by atoms with E-state index >= 15 is 0 Å². The number of piperidine rings is 1. The van der Waals surface area contributed by atoms with E-state index < -0.39 is 0 Å². The third-order valence-corrected chi connectivity index (χ3v) is 4.83. The van der Waals surface area contributed by atoms with Gasteiger partial charge in [-0.15, -0.1) is 24.8 Å². The molecule has 0 saturated carbocycles. The van der Waals surface area contributed by atoms with Crippen molar-refractivity contribution >= 4 is 41.8 Å². The number of para-hydroxylation sites is 1. The van der Waals surface area contributed by atoms with E-state index in [0.29, 0.717) is 12.1 Å². The SMILES string of the molecule is Cc1nc2cc(C(=O)N3CCCC(N)C3)ccc2n1-c1ccccc1.Cl.Cl. The Hall–Kier alpha value is -2.08. The molecule has 2 heterocycles. The van der Waals surface area contributed by atoms with Gasteiger partial charge >= 0.3 is 0 Å². The second-order valence-corrected chi connectivity index (χ2v) is 6.69. The van der Waals surface area contributed by atoms with Gasteiger partial charge in [0.2, 0.25) is 0 Å². The lowest BCUT2D eigenvalue weighted by Crippen LogP contribution is -2.45. The normalized spacial score (nSPS) is 16.5. The number of aryl methyl sites for hydroxylation is 1. The maximum atomic E-state index is 12.8. The lowest BCUT2D eigenvalue weighted by Gasteiger charge is -2.30. The molecule has 1 atom stereocenters. The van der Waals surface area contributed by atoms with Gasteiger partial charge in [-0.05, 0) is 50.1 Å². The molecule has 1 aliphatic rings. The van der Waals surface area contributed by atoms with Crippen LogP contribution in [0.25, 0.3) is 16.7 Å². The Kier molecular flexibility index (Phi) is 6.87. The summed E-state index contributed by atoms with van der Waals surface area (Å²) < 4.78 is 2.11. The molecule has 0 bridgehead atoms. The van der Waals surface area contributed by atoms with E-state index in [1.165, 1.54) is 0 Å². The number of aromatic nitrogens is 2. The highest BCUT2D eigenvalue weighted by atomic mass is 35.5. The fourth-order valence-corrected chi connectivity index (χ4v) is 3.61. The van der Waals surface area contributed by atoms with E-state index in [4.69, 9.17) is 5.73 Å². The van der Waals surface area contributed by atoms with Crippen LogP contribution in [0.1, 0.15) is 29.0 Å². The molecule has 1 saturated heterocycles. The molecule has 1 aromatic heterocycles. The second-order valence-electron chi connectivity index (χ2n) is 6.69. The van der Waals surface area contributed by atoms with Crippen LogP contribution in [0.5, 0.6) is 0 Å². The van der Waals surface area contributed by atoms with Gasteiger partial charge in [-0.3, -0.25) is 9.36 Å². The van der Waals surface area contributed by atoms with Crippen molar-refractivity contribution in [2.75, 3.05) is 13.1 Å². The number of carbonyl (C=O) groups excluding carboxylic acids is 1. The zero-order valence-corrected chi connectivity index (χ0v) is 16.8. The Morgan fingerprint density at radius 1 is 1.15 bits per heavy atom. The highest BCUT2D eigenvalue weighted by Crippen LogP contribution is 2.23. The minimum absolute atomic E-state index is 0. The Labute approximate surface area is 171 Å². The van der Waals surface area contributed by atoms with E-state index in [2.05, 4.69) is 21.7 Å². The van der Waals surface area contributed by atoms with Crippen LogP contribution in [0.4, 0.5) is 0 Å². The molecule has 1 unspecified atom stereocenters. The van der Waals surface area contributed by atoms with E-state index in [1.54, 1.807) is 0 Å². The minimum atomic E-state index is 0. The molecule has 1 amide bonds. The van der Waals surface area contributed by atoms with Crippen LogP contribution in [0.2, 0.25) is 0 Å². The maximum Gasteiger partial charge on any atom is 0.253 e. The molecular weight excluding hydrogens is 383 g/mol. The Bertz CT molecular complexity index is 926. The molecule has 1 aliphatic heterocycles. The molecule has 0 radical (unpaired) electrons. The van der Waals surface area contributed by atoms with Crippen LogP contribution in [-0.2, 0) is 0 Å². The van der Waals surface area contributed by atoms with Gasteiger partial charge in [0.25, 0.3) is 5.91 Å². The smallest absolute Gasteiger partial charge is 0.253 e. The second kappa shape index (κ2) is 8.74. The van der Waals surface area contributed by atoms with Gasteiger partial charge in [0.1, 0.15) is 5.82 Å². The molecule has 0 spiro atoms. The molecule has 7 heteroatoms. The first-order chi connectivity index (χ1) is 12.1. The molecule has 144 valence electrons. The van der Waals surface area contributed by atoms with Gasteiger partial charge in [0.05, 0.1) is 11.0 Å². The standard InChI is InChI=1S/C20H22N4O.2ClH/c1-14-22-18-12-15(20(25)23-11-5-6-16(21)13-23)9-10-19(18)24(14)17-7-3-2-4-8-17;;/h2-4,7-10,12,16H,5-6,11,13,21H2,1H3;2*1H. The third kappa shape index (κ3) is 4.10. The average molecular weight is 407 g/mol. The van der Waals surface area contributed by atoms with Crippen LogP contribution in [0.3, 0.4) is 0 Å². The number of imidazole rings is 1. The third-order valence-electron chi connectivity index (χ3n) is 4.83. The number of halogens is 2. The number of nitrogens with zero attached hydrogens (tertiary/aromatic N) is 3. The summed E-state index contributed by atoms with van der Waals surface area (Å²) in [5.74, 6) is 0.953. The average Bonchev–Trinajstić information content (AvgIpc) is 2.96. The van der Waals surface area contributed by atoms with Crippen molar-refractivity contribution < 1.29 is 4.79 Å². The largest absolute Gasteiger partial charge is 0.337 e. The number of likely N-dealkylation sites (tertiary alicyclic amines) is 1. The molecule has 2 N–H and O–H groups in total. The van der Waals surface area contributed by atoms with Crippen molar-refractivity contribution in [3.63, 3.8) is 0 Å². The summed E-state index contributed by atoms with van der Waals surface area (Å²) in [7, 11) is 0. The van der Waals surface area contributed by atoms with E-state index in [0.717, 1.165) is 41.9 Å². The molecule has 3 aromatic rings. The Balaban J connectivity index is 0.00000131. The van der Waals surface area contributed by atoms with E-state index in [1.807, 2.05) is 48.2 Å². The Morgan fingerprint density at radius 2 is 1.89 bits per heavy atom. The fourth-order valence-electron chi connectivity index (χ4n) is 3.61. The van der Waals surface area contributed by atoms with Crippen LogP contribution < -0.4 is 5.73 Å². The summed E-state index contributed by atoms with van der Waals surface area (Å²) in [6.07, 6.45) is 1.96. The van der Waals surface area contributed by atoms with E-state index in [9.17, 15) is 4.79 Å². The fraction of sp³-hybridized carbons (Fsp3) is 0.300. The van der Waals surface area contributed by atoms with Gasteiger partial charge in [-0.2, -0.15) is 0 Å². The predicted molar refractivity (Wildman–Crippen MR) is 113 cm³/mol.